The van der Waals surface area contributed by atoms with Gasteiger partial charge < -0.3 is 19.9 Å². The number of benzene rings is 1. The zero-order valence-corrected chi connectivity index (χ0v) is 18.2. The van der Waals surface area contributed by atoms with E-state index < -0.39 is 12.8 Å². The lowest BCUT2D eigenvalue weighted by Gasteiger charge is -2.16. The van der Waals surface area contributed by atoms with Crippen LogP contribution in [0.25, 0.3) is 0 Å². The lowest BCUT2D eigenvalue weighted by atomic mass is 10.1. The van der Waals surface area contributed by atoms with Crippen molar-refractivity contribution in [1.82, 2.24) is 25.4 Å². The zero-order valence-electron chi connectivity index (χ0n) is 15.9. The molecule has 11 heteroatoms. The number of aromatic nitrogens is 3. The minimum Gasteiger partial charge on any atom is -0.484 e. The van der Waals surface area contributed by atoms with Gasteiger partial charge in [-0.1, -0.05) is 12.1 Å². The molecule has 1 heterocycles. The van der Waals surface area contributed by atoms with Crippen LogP contribution in [0.2, 0.25) is 0 Å². The molecule has 0 aliphatic carbocycles. The van der Waals surface area contributed by atoms with Gasteiger partial charge in [0, 0.05) is 25.7 Å². The van der Waals surface area contributed by atoms with Crippen LogP contribution in [-0.2, 0) is 19.6 Å². The molecule has 0 fully saturated rings. The predicted molar refractivity (Wildman–Crippen MR) is 111 cm³/mol. The maximum absolute atomic E-state index is 12.5. The maximum Gasteiger partial charge on any atom is 0.422 e. The summed E-state index contributed by atoms with van der Waals surface area (Å²) in [4.78, 5) is 4.11. The molecule has 7 nitrogen and oxygen atoms in total. The fourth-order valence-electron chi connectivity index (χ4n) is 2.34. The first-order valence-electron chi connectivity index (χ1n) is 8.42. The Hall–Kier alpha value is -2.05. The maximum atomic E-state index is 12.5. The largest absolute Gasteiger partial charge is 0.484 e. The molecule has 0 aliphatic rings. The average molecular weight is 512 g/mol. The number of rotatable bonds is 7. The summed E-state index contributed by atoms with van der Waals surface area (Å²) < 4.78 is 44.2. The van der Waals surface area contributed by atoms with Crippen LogP contribution in [0.4, 0.5) is 13.2 Å². The number of halogens is 4. The highest BCUT2D eigenvalue weighted by Crippen LogP contribution is 2.23. The van der Waals surface area contributed by atoms with E-state index in [2.05, 4.69) is 25.8 Å². The second kappa shape index (κ2) is 11.1. The van der Waals surface area contributed by atoms with E-state index in [9.17, 15) is 13.2 Å². The summed E-state index contributed by atoms with van der Waals surface area (Å²) in [6.07, 6.45) is -2.75. The van der Waals surface area contributed by atoms with Crippen LogP contribution in [0.1, 0.15) is 23.9 Å². The quantitative estimate of drug-likeness (QED) is 0.339. The van der Waals surface area contributed by atoms with E-state index in [4.69, 9.17) is 4.74 Å². The van der Waals surface area contributed by atoms with Gasteiger partial charge in [0.2, 0.25) is 0 Å². The number of guanidine groups is 1. The number of alkyl halides is 3. The number of aliphatic imine (C=N–C) groups is 1. The summed E-state index contributed by atoms with van der Waals surface area (Å²) in [6, 6.07) is 5.13. The Bertz CT molecular complexity index is 778. The Kier molecular flexibility index (Phi) is 9.49. The number of ether oxygens (including phenoxy) is 1. The van der Waals surface area contributed by atoms with Crippen molar-refractivity contribution >= 4 is 29.9 Å². The predicted octanol–water partition coefficient (Wildman–Crippen LogP) is 3.03. The Morgan fingerprint density at radius 3 is 2.61 bits per heavy atom. The van der Waals surface area contributed by atoms with Crippen LogP contribution in [-0.4, -0.2) is 40.6 Å². The van der Waals surface area contributed by atoms with Gasteiger partial charge in [0.05, 0.1) is 6.54 Å². The van der Waals surface area contributed by atoms with Crippen molar-refractivity contribution in [3.8, 4) is 5.75 Å². The molecule has 0 aliphatic heterocycles. The number of nitrogens with one attached hydrogen (secondary N) is 2. The number of aryl methyl sites for hydroxylation is 2. The first-order chi connectivity index (χ1) is 12.8. The van der Waals surface area contributed by atoms with Gasteiger partial charge in [-0.15, -0.1) is 34.2 Å². The van der Waals surface area contributed by atoms with E-state index in [1.165, 1.54) is 0 Å². The van der Waals surface area contributed by atoms with E-state index in [1.54, 1.807) is 32.4 Å². The molecule has 0 saturated heterocycles. The second-order valence-corrected chi connectivity index (χ2v) is 5.83. The molecule has 1 aromatic carbocycles. The van der Waals surface area contributed by atoms with Crippen LogP contribution in [0.5, 0.6) is 5.75 Å². The van der Waals surface area contributed by atoms with Gasteiger partial charge in [0.25, 0.3) is 0 Å². The summed E-state index contributed by atoms with van der Waals surface area (Å²) in [5.74, 6) is 1.44. The van der Waals surface area contributed by atoms with E-state index in [-0.39, 0.29) is 36.3 Å². The van der Waals surface area contributed by atoms with Gasteiger partial charge in [-0.05, 0) is 25.5 Å². The SMILES string of the molecule is CCn1cnnc1CNC(=NC)NCc1ccc(C)cc1OCC(F)(F)F.I. The molecular weight excluding hydrogens is 488 g/mol. The summed E-state index contributed by atoms with van der Waals surface area (Å²) >= 11 is 0. The fraction of sp³-hybridized carbons (Fsp3) is 0.471. The molecule has 0 bridgehead atoms. The summed E-state index contributed by atoms with van der Waals surface area (Å²) in [5, 5.41) is 14.0. The smallest absolute Gasteiger partial charge is 0.422 e. The third-order valence-corrected chi connectivity index (χ3v) is 3.73. The zero-order chi connectivity index (χ0) is 19.9. The van der Waals surface area contributed by atoms with Crippen molar-refractivity contribution < 1.29 is 17.9 Å². The van der Waals surface area contributed by atoms with E-state index >= 15 is 0 Å². The lowest BCUT2D eigenvalue weighted by Crippen LogP contribution is -2.37. The molecule has 2 N–H and O–H groups in total. The first kappa shape index (κ1) is 24.0. The molecule has 28 heavy (non-hydrogen) atoms. The second-order valence-electron chi connectivity index (χ2n) is 5.83. The topological polar surface area (TPSA) is 76.4 Å². The molecule has 0 atom stereocenters. The Balaban J connectivity index is 0.00000392. The molecule has 0 saturated carbocycles. The van der Waals surface area contributed by atoms with E-state index in [0.29, 0.717) is 18.1 Å². The highest BCUT2D eigenvalue weighted by molar-refractivity contribution is 14.0. The molecule has 0 unspecified atom stereocenters. The monoisotopic (exact) mass is 512 g/mol. The van der Waals surface area contributed by atoms with Crippen LogP contribution in [0.15, 0.2) is 29.5 Å². The highest BCUT2D eigenvalue weighted by atomic mass is 127. The van der Waals surface area contributed by atoms with Crippen molar-refractivity contribution in [3.05, 3.63) is 41.5 Å². The van der Waals surface area contributed by atoms with Crippen molar-refractivity contribution in [2.45, 2.75) is 39.7 Å². The van der Waals surface area contributed by atoms with E-state index in [0.717, 1.165) is 17.9 Å². The number of hydrogen-bond acceptors (Lipinski definition) is 4. The Labute approximate surface area is 178 Å². The van der Waals surface area contributed by atoms with Crippen LogP contribution < -0.4 is 15.4 Å². The highest BCUT2D eigenvalue weighted by Gasteiger charge is 2.28. The van der Waals surface area contributed by atoms with Crippen molar-refractivity contribution in [2.24, 2.45) is 4.99 Å². The van der Waals surface area contributed by atoms with Gasteiger partial charge >= 0.3 is 6.18 Å². The normalized spacial score (nSPS) is 11.7. The van der Waals surface area contributed by atoms with Crippen LogP contribution >= 0.6 is 24.0 Å². The number of hydrogen-bond donors (Lipinski definition) is 2. The van der Waals surface area contributed by atoms with Gasteiger partial charge in [-0.2, -0.15) is 13.2 Å². The third kappa shape index (κ3) is 7.52. The number of nitrogens with zero attached hydrogens (tertiary/aromatic N) is 4. The minimum atomic E-state index is -4.39. The van der Waals surface area contributed by atoms with Gasteiger partial charge in [-0.3, -0.25) is 4.99 Å². The molecule has 2 aromatic rings. The van der Waals surface area contributed by atoms with Crippen LogP contribution in [0.3, 0.4) is 0 Å². The standard InChI is InChI=1S/C17H23F3N6O.HI/c1-4-26-11-24-25-15(26)9-23-16(21-3)22-8-13-6-5-12(2)7-14(13)27-10-17(18,19)20;/h5-7,11H,4,8-10H2,1-3H3,(H2,21,22,23);1H. The summed E-state index contributed by atoms with van der Waals surface area (Å²) in [5.41, 5.74) is 1.42. The molecule has 0 amide bonds. The Morgan fingerprint density at radius 2 is 1.96 bits per heavy atom. The van der Waals surface area contributed by atoms with Crippen molar-refractivity contribution in [1.29, 1.82) is 0 Å². The molecule has 2 rings (SSSR count). The molecule has 1 aromatic heterocycles. The van der Waals surface area contributed by atoms with E-state index in [1.807, 2.05) is 17.6 Å². The fourth-order valence-corrected chi connectivity index (χ4v) is 2.34. The third-order valence-electron chi connectivity index (χ3n) is 3.73. The average Bonchev–Trinajstić information content (AvgIpc) is 3.08. The first-order valence-corrected chi connectivity index (χ1v) is 8.42. The Morgan fingerprint density at radius 1 is 1.25 bits per heavy atom. The molecule has 156 valence electrons. The van der Waals surface area contributed by atoms with Crippen molar-refractivity contribution in [3.63, 3.8) is 0 Å². The minimum absolute atomic E-state index is 0. The molecule has 0 spiro atoms. The summed E-state index contributed by atoms with van der Waals surface area (Å²) in [7, 11) is 1.61. The van der Waals surface area contributed by atoms with Gasteiger partial charge in [0.1, 0.15) is 12.1 Å². The summed E-state index contributed by atoms with van der Waals surface area (Å²) in [6.45, 7) is 3.87. The van der Waals surface area contributed by atoms with Gasteiger partial charge in [-0.25, -0.2) is 0 Å². The lowest BCUT2D eigenvalue weighted by molar-refractivity contribution is -0.153. The van der Waals surface area contributed by atoms with Crippen molar-refractivity contribution in [2.75, 3.05) is 13.7 Å². The molecular formula is C17H24F3IN6O. The molecule has 0 radical (unpaired) electrons. The van der Waals surface area contributed by atoms with Crippen LogP contribution in [0, 0.1) is 6.92 Å². The van der Waals surface area contributed by atoms with Gasteiger partial charge in [0.15, 0.2) is 18.4 Å².